The third-order valence-electron chi connectivity index (χ3n) is 3.98. The van der Waals surface area contributed by atoms with Crippen LogP contribution >= 0.6 is 0 Å². The Kier molecular flexibility index (Phi) is 15.6. The van der Waals surface area contributed by atoms with Gasteiger partial charge in [-0.3, -0.25) is 4.79 Å². The summed E-state index contributed by atoms with van der Waals surface area (Å²) in [7, 11) is 0. The summed E-state index contributed by atoms with van der Waals surface area (Å²) >= 11 is 0. The van der Waals surface area contributed by atoms with Gasteiger partial charge in [0.05, 0.1) is 6.61 Å². The summed E-state index contributed by atoms with van der Waals surface area (Å²) in [6.07, 6.45) is 14.7. The monoisotopic (exact) mass is 339 g/mol. The molecule has 1 saturated heterocycles. The first-order valence-electron chi connectivity index (χ1n) is 9.67. The molecule has 1 heterocycles. The molecule has 0 aromatic rings. The highest BCUT2D eigenvalue weighted by Crippen LogP contribution is 2.10. The zero-order valence-corrected chi connectivity index (χ0v) is 15.8. The van der Waals surface area contributed by atoms with Gasteiger partial charge in [-0.25, -0.2) is 4.79 Å². The standard InChI is InChI=1S/C16H30O2.C4H7NO/c1-4-5-6-7-8-9-10-11-12-13-14-18-16(17)15(2)3;6-4-2-1-3-5-4/h2,4-14H2,1,3H3;1-3H2,(H,5,6). The van der Waals surface area contributed by atoms with Crippen molar-refractivity contribution in [3.05, 3.63) is 12.2 Å². The smallest absolute Gasteiger partial charge is 0.333 e. The molecule has 0 atom stereocenters. The van der Waals surface area contributed by atoms with Crippen molar-refractivity contribution >= 4 is 11.9 Å². The minimum absolute atomic E-state index is 0.204. The SMILES string of the molecule is C=C(C)C(=O)OCCCCCCCCCCCC.O=C1CCCN1. The van der Waals surface area contributed by atoms with Gasteiger partial charge in [-0.2, -0.15) is 0 Å². The summed E-state index contributed by atoms with van der Waals surface area (Å²) in [6, 6.07) is 0. The van der Waals surface area contributed by atoms with Crippen LogP contribution < -0.4 is 5.32 Å². The van der Waals surface area contributed by atoms with Crippen molar-refractivity contribution in [2.24, 2.45) is 0 Å². The van der Waals surface area contributed by atoms with Crippen molar-refractivity contribution < 1.29 is 14.3 Å². The van der Waals surface area contributed by atoms with E-state index in [4.69, 9.17) is 4.74 Å². The Morgan fingerprint density at radius 1 is 1.04 bits per heavy atom. The van der Waals surface area contributed by atoms with Gasteiger partial charge in [0, 0.05) is 18.5 Å². The van der Waals surface area contributed by atoms with Gasteiger partial charge in [0.1, 0.15) is 0 Å². The lowest BCUT2D eigenvalue weighted by molar-refractivity contribution is -0.139. The number of unbranched alkanes of at least 4 members (excludes halogenated alkanes) is 9. The number of carbonyl (C=O) groups excluding carboxylic acids is 2. The molecule has 0 aliphatic carbocycles. The van der Waals surface area contributed by atoms with Gasteiger partial charge in [0.2, 0.25) is 5.91 Å². The zero-order chi connectivity index (χ0) is 18.0. The third-order valence-corrected chi connectivity index (χ3v) is 3.98. The molecule has 0 unspecified atom stereocenters. The van der Waals surface area contributed by atoms with Crippen LogP contribution in [0.4, 0.5) is 0 Å². The van der Waals surface area contributed by atoms with Crippen LogP contribution in [0.25, 0.3) is 0 Å². The molecule has 0 bridgehead atoms. The Balaban J connectivity index is 0.000000728. The first kappa shape index (κ1) is 22.7. The molecule has 1 amide bonds. The molecule has 4 heteroatoms. The van der Waals surface area contributed by atoms with Gasteiger partial charge in [-0.05, 0) is 19.8 Å². The summed E-state index contributed by atoms with van der Waals surface area (Å²) in [6.45, 7) is 8.91. The van der Waals surface area contributed by atoms with Crippen LogP contribution in [0.5, 0.6) is 0 Å². The van der Waals surface area contributed by atoms with E-state index in [9.17, 15) is 9.59 Å². The molecule has 24 heavy (non-hydrogen) atoms. The zero-order valence-electron chi connectivity index (χ0n) is 15.8. The van der Waals surface area contributed by atoms with E-state index in [1.807, 2.05) is 0 Å². The normalized spacial score (nSPS) is 13.0. The molecule has 1 rings (SSSR count). The molecule has 0 saturated carbocycles. The number of amides is 1. The van der Waals surface area contributed by atoms with E-state index in [1.54, 1.807) is 6.92 Å². The van der Waals surface area contributed by atoms with Crippen LogP contribution in [-0.2, 0) is 14.3 Å². The van der Waals surface area contributed by atoms with E-state index in [0.717, 1.165) is 25.8 Å². The molecule has 1 fully saturated rings. The molecular formula is C20H37NO3. The van der Waals surface area contributed by atoms with Crippen LogP contribution in [0, 0.1) is 0 Å². The number of hydrogen-bond acceptors (Lipinski definition) is 3. The van der Waals surface area contributed by atoms with Crippen LogP contribution in [0.2, 0.25) is 0 Å². The maximum Gasteiger partial charge on any atom is 0.333 e. The van der Waals surface area contributed by atoms with Gasteiger partial charge in [-0.15, -0.1) is 0 Å². The minimum atomic E-state index is -0.258. The van der Waals surface area contributed by atoms with E-state index in [0.29, 0.717) is 12.2 Å². The fraction of sp³-hybridized carbons (Fsp3) is 0.800. The van der Waals surface area contributed by atoms with Crippen molar-refractivity contribution in [2.45, 2.75) is 90.9 Å². The topological polar surface area (TPSA) is 55.4 Å². The van der Waals surface area contributed by atoms with Crippen LogP contribution in [0.1, 0.15) is 90.9 Å². The van der Waals surface area contributed by atoms with E-state index < -0.39 is 0 Å². The van der Waals surface area contributed by atoms with E-state index in [1.165, 1.54) is 57.8 Å². The molecule has 1 N–H and O–H groups in total. The first-order chi connectivity index (χ1) is 11.6. The van der Waals surface area contributed by atoms with Gasteiger partial charge in [0.15, 0.2) is 0 Å². The number of ether oxygens (including phenoxy) is 1. The fourth-order valence-corrected chi connectivity index (χ4v) is 2.44. The third kappa shape index (κ3) is 15.6. The van der Waals surface area contributed by atoms with Gasteiger partial charge >= 0.3 is 5.97 Å². The molecular weight excluding hydrogens is 302 g/mol. The molecule has 0 radical (unpaired) electrons. The Bertz CT molecular complexity index is 345. The predicted octanol–water partition coefficient (Wildman–Crippen LogP) is 4.92. The number of esters is 1. The number of carbonyl (C=O) groups is 2. The maximum atomic E-state index is 11.1. The van der Waals surface area contributed by atoms with Crippen molar-refractivity contribution in [3.8, 4) is 0 Å². The maximum absolute atomic E-state index is 11.1. The highest BCUT2D eigenvalue weighted by molar-refractivity contribution is 5.86. The lowest BCUT2D eigenvalue weighted by Gasteiger charge is -2.04. The Morgan fingerprint density at radius 2 is 1.58 bits per heavy atom. The number of hydrogen-bond donors (Lipinski definition) is 1. The number of nitrogens with one attached hydrogen (secondary N) is 1. The Hall–Kier alpha value is -1.32. The van der Waals surface area contributed by atoms with Crippen molar-refractivity contribution in [2.75, 3.05) is 13.2 Å². The van der Waals surface area contributed by atoms with Gasteiger partial charge in [-0.1, -0.05) is 71.3 Å². The second-order valence-corrected chi connectivity index (χ2v) is 6.55. The van der Waals surface area contributed by atoms with Gasteiger partial charge < -0.3 is 10.1 Å². The minimum Gasteiger partial charge on any atom is -0.462 e. The quantitative estimate of drug-likeness (QED) is 0.312. The Labute approximate surface area is 148 Å². The van der Waals surface area contributed by atoms with E-state index in [2.05, 4.69) is 18.8 Å². The Morgan fingerprint density at radius 3 is 1.96 bits per heavy atom. The highest BCUT2D eigenvalue weighted by Gasteiger charge is 2.05. The lowest BCUT2D eigenvalue weighted by atomic mass is 10.1. The van der Waals surface area contributed by atoms with Crippen LogP contribution in [0.15, 0.2) is 12.2 Å². The predicted molar refractivity (Wildman–Crippen MR) is 99.9 cm³/mol. The van der Waals surface area contributed by atoms with Gasteiger partial charge in [0.25, 0.3) is 0 Å². The van der Waals surface area contributed by atoms with Crippen molar-refractivity contribution in [3.63, 3.8) is 0 Å². The fourth-order valence-electron chi connectivity index (χ4n) is 2.44. The molecule has 1 aliphatic heterocycles. The largest absolute Gasteiger partial charge is 0.462 e. The summed E-state index contributed by atoms with van der Waals surface area (Å²) in [5.41, 5.74) is 0.488. The van der Waals surface area contributed by atoms with Crippen molar-refractivity contribution in [1.29, 1.82) is 0 Å². The molecule has 1 aliphatic rings. The summed E-state index contributed by atoms with van der Waals surface area (Å²) in [4.78, 5) is 21.2. The summed E-state index contributed by atoms with van der Waals surface area (Å²) < 4.78 is 5.04. The summed E-state index contributed by atoms with van der Waals surface area (Å²) in [5, 5.41) is 2.68. The van der Waals surface area contributed by atoms with E-state index >= 15 is 0 Å². The first-order valence-corrected chi connectivity index (χ1v) is 9.67. The average molecular weight is 340 g/mol. The van der Waals surface area contributed by atoms with Crippen molar-refractivity contribution in [1.82, 2.24) is 5.32 Å². The highest BCUT2D eigenvalue weighted by atomic mass is 16.5. The van der Waals surface area contributed by atoms with Crippen LogP contribution in [-0.4, -0.2) is 25.0 Å². The van der Waals surface area contributed by atoms with E-state index in [-0.39, 0.29) is 11.9 Å². The summed E-state index contributed by atoms with van der Waals surface area (Å²) in [5.74, 6) is -0.0547. The molecule has 140 valence electrons. The second-order valence-electron chi connectivity index (χ2n) is 6.55. The molecule has 4 nitrogen and oxygen atoms in total. The average Bonchev–Trinajstić information content (AvgIpc) is 3.04. The lowest BCUT2D eigenvalue weighted by Crippen LogP contribution is -2.12. The number of rotatable bonds is 12. The second kappa shape index (κ2) is 16.5. The molecule has 0 spiro atoms. The molecule has 0 aromatic carbocycles. The molecule has 0 aromatic heterocycles. The van der Waals surface area contributed by atoms with Crippen LogP contribution in [0.3, 0.4) is 0 Å².